The first kappa shape index (κ1) is 18.8. The molecule has 0 aliphatic rings. The van der Waals surface area contributed by atoms with Crippen molar-refractivity contribution in [3.63, 3.8) is 0 Å². The highest BCUT2D eigenvalue weighted by Crippen LogP contribution is 2.25. The molecular weight excluding hydrogens is 388 g/mol. The first-order valence-corrected chi connectivity index (χ1v) is 9.66. The number of amides is 1. The molecule has 0 fully saturated rings. The lowest BCUT2D eigenvalue weighted by Crippen LogP contribution is -2.12. The summed E-state index contributed by atoms with van der Waals surface area (Å²) in [6.45, 7) is 0. The monoisotopic (exact) mass is 404 g/mol. The van der Waals surface area contributed by atoms with Crippen molar-refractivity contribution in [2.75, 3.05) is 5.32 Å². The second kappa shape index (κ2) is 9.07. The van der Waals surface area contributed by atoms with E-state index in [0.717, 1.165) is 15.6 Å². The van der Waals surface area contributed by atoms with Crippen molar-refractivity contribution < 1.29 is 9.32 Å². The summed E-state index contributed by atoms with van der Waals surface area (Å²) in [5, 5.41) is 8.38. The van der Waals surface area contributed by atoms with Gasteiger partial charge in [-0.2, -0.15) is 4.98 Å². The lowest BCUT2D eigenvalue weighted by molar-refractivity contribution is -0.116. The van der Waals surface area contributed by atoms with Gasteiger partial charge in [-0.05, 0) is 36.4 Å². The van der Waals surface area contributed by atoms with Gasteiger partial charge in [-0.25, -0.2) is 9.97 Å². The van der Waals surface area contributed by atoms with Crippen molar-refractivity contribution in [2.24, 2.45) is 0 Å². The molecule has 4 rings (SSSR count). The Labute approximate surface area is 170 Å². The van der Waals surface area contributed by atoms with Gasteiger partial charge >= 0.3 is 0 Å². The summed E-state index contributed by atoms with van der Waals surface area (Å²) >= 11 is 1.43. The van der Waals surface area contributed by atoms with E-state index in [9.17, 15) is 4.79 Å². The zero-order valence-corrected chi connectivity index (χ0v) is 16.0. The fourth-order valence-corrected chi connectivity index (χ4v) is 3.24. The van der Waals surface area contributed by atoms with E-state index in [4.69, 9.17) is 4.52 Å². The van der Waals surface area contributed by atoms with Crippen LogP contribution in [0, 0.1) is 0 Å². The van der Waals surface area contributed by atoms with Crippen LogP contribution in [0.25, 0.3) is 11.4 Å². The Hall–Kier alpha value is -3.59. The van der Waals surface area contributed by atoms with E-state index >= 15 is 0 Å². The molecule has 0 aliphatic heterocycles. The Kier molecular flexibility index (Phi) is 5.87. The third-order valence-corrected chi connectivity index (χ3v) is 4.70. The number of hydrogen-bond donors (Lipinski definition) is 1. The summed E-state index contributed by atoms with van der Waals surface area (Å²) in [4.78, 5) is 29.2. The van der Waals surface area contributed by atoms with Gasteiger partial charge in [0.2, 0.25) is 17.6 Å². The van der Waals surface area contributed by atoms with E-state index in [1.165, 1.54) is 11.8 Å². The van der Waals surface area contributed by atoms with Gasteiger partial charge in [0.1, 0.15) is 10.1 Å². The summed E-state index contributed by atoms with van der Waals surface area (Å²) in [7, 11) is 0. The summed E-state index contributed by atoms with van der Waals surface area (Å²) in [6.07, 6.45) is 7.28. The topological polar surface area (TPSA) is 107 Å². The molecule has 0 saturated heterocycles. The predicted molar refractivity (Wildman–Crippen MR) is 107 cm³/mol. The second-order valence-electron chi connectivity index (χ2n) is 5.95. The van der Waals surface area contributed by atoms with Gasteiger partial charge in [0, 0.05) is 48.9 Å². The second-order valence-corrected chi connectivity index (χ2v) is 7.00. The number of carbonyl (C=O) groups excluding carboxylic acids is 1. The van der Waals surface area contributed by atoms with Crippen LogP contribution in [0.3, 0.4) is 0 Å². The van der Waals surface area contributed by atoms with Crippen LogP contribution < -0.4 is 5.32 Å². The van der Waals surface area contributed by atoms with Gasteiger partial charge in [0.25, 0.3) is 0 Å². The number of nitrogens with zero attached hydrogens (tertiary/aromatic N) is 5. The van der Waals surface area contributed by atoms with Crippen LogP contribution in [0.2, 0.25) is 0 Å². The van der Waals surface area contributed by atoms with Gasteiger partial charge < -0.3 is 9.84 Å². The van der Waals surface area contributed by atoms with Gasteiger partial charge in [-0.15, -0.1) is 0 Å². The minimum atomic E-state index is -0.147. The largest absolute Gasteiger partial charge is 0.339 e. The smallest absolute Gasteiger partial charge is 0.227 e. The maximum atomic E-state index is 12.3. The molecule has 9 heteroatoms. The average Bonchev–Trinajstić information content (AvgIpc) is 3.23. The molecule has 29 heavy (non-hydrogen) atoms. The lowest BCUT2D eigenvalue weighted by Gasteiger charge is -2.06. The number of anilines is 1. The van der Waals surface area contributed by atoms with Gasteiger partial charge in [0.05, 0.1) is 0 Å². The summed E-state index contributed by atoms with van der Waals surface area (Å²) in [6, 6.07) is 12.9. The van der Waals surface area contributed by atoms with Gasteiger partial charge in [0.15, 0.2) is 0 Å². The fourth-order valence-electron chi connectivity index (χ4n) is 2.47. The SMILES string of the molecule is O=C(CCc1nc(-c2cccnc2)no1)Nc1ccnc(Sc2ccccn2)c1. The maximum Gasteiger partial charge on any atom is 0.227 e. The number of carbonyl (C=O) groups is 1. The first-order valence-electron chi connectivity index (χ1n) is 8.84. The standard InChI is InChI=1S/C20H16N6O2S/c27-16(6-7-17-25-20(26-28-17)14-4-3-9-21-13-14)24-15-8-11-23-19(12-15)29-18-5-1-2-10-22-18/h1-5,8-13H,6-7H2,(H,23,24,27). The molecule has 144 valence electrons. The molecule has 0 radical (unpaired) electrons. The highest BCUT2D eigenvalue weighted by Gasteiger charge is 2.11. The quantitative estimate of drug-likeness (QED) is 0.497. The molecule has 0 aromatic carbocycles. The third-order valence-electron chi connectivity index (χ3n) is 3.82. The Morgan fingerprint density at radius 2 is 1.97 bits per heavy atom. The minimum absolute atomic E-state index is 0.147. The fraction of sp³-hybridized carbons (Fsp3) is 0.100. The maximum absolute atomic E-state index is 12.3. The van der Waals surface area contributed by atoms with E-state index in [2.05, 4.69) is 30.4 Å². The molecule has 1 N–H and O–H groups in total. The van der Waals surface area contributed by atoms with Crippen molar-refractivity contribution in [2.45, 2.75) is 22.9 Å². The minimum Gasteiger partial charge on any atom is -0.339 e. The molecule has 0 spiro atoms. The number of pyridine rings is 3. The van der Waals surface area contributed by atoms with Crippen LogP contribution in [0.5, 0.6) is 0 Å². The van der Waals surface area contributed by atoms with Crippen LogP contribution in [0.4, 0.5) is 5.69 Å². The highest BCUT2D eigenvalue weighted by atomic mass is 32.2. The summed E-state index contributed by atoms with van der Waals surface area (Å²) in [5.41, 5.74) is 1.44. The number of aromatic nitrogens is 5. The van der Waals surface area contributed by atoms with Gasteiger partial charge in [-0.3, -0.25) is 9.78 Å². The molecule has 4 aromatic rings. The van der Waals surface area contributed by atoms with E-state index < -0.39 is 0 Å². The first-order chi connectivity index (χ1) is 14.3. The number of hydrogen-bond acceptors (Lipinski definition) is 8. The molecule has 8 nitrogen and oxygen atoms in total. The van der Waals surface area contributed by atoms with Crippen LogP contribution >= 0.6 is 11.8 Å². The Morgan fingerprint density at radius 1 is 1.03 bits per heavy atom. The Morgan fingerprint density at radius 3 is 2.79 bits per heavy atom. The van der Waals surface area contributed by atoms with E-state index in [0.29, 0.717) is 23.8 Å². The van der Waals surface area contributed by atoms with E-state index in [1.807, 2.05) is 30.3 Å². The Bertz CT molecular complexity index is 1090. The highest BCUT2D eigenvalue weighted by molar-refractivity contribution is 7.99. The average molecular weight is 404 g/mol. The Balaban J connectivity index is 1.32. The predicted octanol–water partition coefficient (Wildman–Crippen LogP) is 3.64. The van der Waals surface area contributed by atoms with Crippen LogP contribution in [-0.2, 0) is 11.2 Å². The normalized spacial score (nSPS) is 10.6. The van der Waals surface area contributed by atoms with E-state index in [-0.39, 0.29) is 12.3 Å². The van der Waals surface area contributed by atoms with Crippen LogP contribution in [0.1, 0.15) is 12.3 Å². The van der Waals surface area contributed by atoms with Crippen LogP contribution in [0.15, 0.2) is 81.8 Å². The number of nitrogens with one attached hydrogen (secondary N) is 1. The van der Waals surface area contributed by atoms with Crippen molar-refractivity contribution in [3.8, 4) is 11.4 Å². The molecule has 0 aliphatic carbocycles. The number of aryl methyl sites for hydroxylation is 1. The molecule has 0 atom stereocenters. The number of rotatable bonds is 7. The van der Waals surface area contributed by atoms with Crippen LogP contribution in [-0.4, -0.2) is 31.0 Å². The molecule has 4 aromatic heterocycles. The van der Waals surface area contributed by atoms with Crippen molar-refractivity contribution >= 4 is 23.4 Å². The lowest BCUT2D eigenvalue weighted by atomic mass is 10.2. The van der Waals surface area contributed by atoms with Crippen molar-refractivity contribution in [1.29, 1.82) is 0 Å². The van der Waals surface area contributed by atoms with E-state index in [1.54, 1.807) is 36.9 Å². The third kappa shape index (κ3) is 5.23. The molecule has 0 saturated carbocycles. The summed E-state index contributed by atoms with van der Waals surface area (Å²) < 4.78 is 5.22. The molecule has 0 bridgehead atoms. The van der Waals surface area contributed by atoms with Gasteiger partial charge in [-0.1, -0.05) is 23.0 Å². The molecule has 1 amide bonds. The molecule has 4 heterocycles. The zero-order valence-electron chi connectivity index (χ0n) is 15.2. The van der Waals surface area contributed by atoms with Crippen molar-refractivity contribution in [3.05, 3.63) is 73.1 Å². The summed E-state index contributed by atoms with van der Waals surface area (Å²) in [5.74, 6) is 0.713. The molecule has 0 unspecified atom stereocenters. The molecular formula is C20H16N6O2S. The zero-order chi connectivity index (χ0) is 19.9. The van der Waals surface area contributed by atoms with Crippen molar-refractivity contribution in [1.82, 2.24) is 25.1 Å².